The van der Waals surface area contributed by atoms with E-state index in [0.717, 1.165) is 90.8 Å². The molecule has 0 spiro atoms. The van der Waals surface area contributed by atoms with Crippen LogP contribution in [-0.2, 0) is 54.8 Å². The van der Waals surface area contributed by atoms with Crippen molar-refractivity contribution >= 4 is 39.7 Å². The average Bonchev–Trinajstić information content (AvgIpc) is 1.69. The van der Waals surface area contributed by atoms with Crippen LogP contribution in [0, 0.1) is 0 Å². The Morgan fingerprint density at radius 2 is 0.695 bits per heavy atom. The molecule has 0 saturated carbocycles. The van der Waals surface area contributed by atoms with Crippen LogP contribution < -0.4 is 10.6 Å². The van der Waals surface area contributed by atoms with Crippen LogP contribution in [-0.4, -0.2) is 96.7 Å². The van der Waals surface area contributed by atoms with Crippen LogP contribution in [0.4, 0.5) is 0 Å². The van der Waals surface area contributed by atoms with E-state index in [4.69, 9.17) is 9.47 Å². The van der Waals surface area contributed by atoms with Crippen molar-refractivity contribution in [3.05, 3.63) is 294 Å². The Morgan fingerprint density at radius 3 is 1.08 bits per heavy atom. The first-order valence-electron chi connectivity index (χ1n) is 33.3. The normalized spacial score (nSPS) is 16.3. The lowest BCUT2D eigenvalue weighted by molar-refractivity contribution is -0.126. The fraction of sp³-hybridized carbons (Fsp3) is 0.272. The van der Waals surface area contributed by atoms with Crippen LogP contribution in [0.1, 0.15) is 118 Å². The van der Waals surface area contributed by atoms with Gasteiger partial charge < -0.3 is 25.0 Å². The molecule has 9 aromatic carbocycles. The van der Waals surface area contributed by atoms with E-state index < -0.39 is 52.2 Å². The molecule has 2 aliphatic rings. The maximum absolute atomic E-state index is 14.8. The summed E-state index contributed by atoms with van der Waals surface area (Å²) in [7, 11) is -4.32. The van der Waals surface area contributed by atoms with E-state index in [2.05, 4.69) is 59.2 Å². The Hall–Kier alpha value is -9.76. The first-order valence-corrected chi connectivity index (χ1v) is 34.8. The minimum atomic E-state index is -4.32. The van der Waals surface area contributed by atoms with Crippen LogP contribution >= 0.6 is 0 Å². The number of aryl methyl sites for hydroxylation is 4. The van der Waals surface area contributed by atoms with Crippen LogP contribution in [0.2, 0.25) is 0 Å². The van der Waals surface area contributed by atoms with Gasteiger partial charge in [0.1, 0.15) is 24.3 Å². The van der Waals surface area contributed by atoms with E-state index in [1.165, 1.54) is 63.6 Å². The number of amides is 3. The predicted molar refractivity (Wildman–Crippen MR) is 372 cm³/mol. The van der Waals surface area contributed by atoms with Crippen molar-refractivity contribution in [1.82, 2.24) is 19.8 Å². The third kappa shape index (κ3) is 18.3. The number of hydrogen-bond acceptors (Lipinski definition) is 9. The maximum atomic E-state index is 14.8. The molecule has 13 nitrogen and oxygen atoms in total. The number of hydrogen-bond donors (Lipinski definition) is 2. The summed E-state index contributed by atoms with van der Waals surface area (Å²) in [5.74, 6) is -2.62. The Morgan fingerprint density at radius 1 is 0.379 bits per heavy atom. The highest BCUT2D eigenvalue weighted by atomic mass is 32.2. The second kappa shape index (κ2) is 32.9. The summed E-state index contributed by atoms with van der Waals surface area (Å²) in [6, 6.07) is 77.4. The summed E-state index contributed by atoms with van der Waals surface area (Å²) >= 11 is 0. The van der Waals surface area contributed by atoms with Crippen molar-refractivity contribution < 1.29 is 41.9 Å². The Balaban J connectivity index is 0.773. The van der Waals surface area contributed by atoms with Gasteiger partial charge in [0.15, 0.2) is 0 Å². The molecule has 9 aromatic rings. The second-order valence-electron chi connectivity index (χ2n) is 24.9. The highest BCUT2D eigenvalue weighted by Gasteiger charge is 2.46. The van der Waals surface area contributed by atoms with Gasteiger partial charge in [-0.05, 0) is 170 Å². The highest BCUT2D eigenvalue weighted by molar-refractivity contribution is 7.89. The third-order valence-corrected chi connectivity index (χ3v) is 20.1. The number of esters is 2. The zero-order chi connectivity index (χ0) is 65.8. The smallest absolute Gasteiger partial charge is 0.338 e. The van der Waals surface area contributed by atoms with Gasteiger partial charge in [0.25, 0.3) is 5.91 Å². The minimum absolute atomic E-state index is 0.000163. The molecule has 0 aromatic heterocycles. The van der Waals surface area contributed by atoms with Gasteiger partial charge in [0.05, 0.1) is 29.1 Å². The number of likely N-dealkylation sites (tertiary alicyclic amines) is 1. The molecule has 3 amide bonds. The van der Waals surface area contributed by atoms with Gasteiger partial charge in [-0.3, -0.25) is 14.4 Å². The molecule has 0 bridgehead atoms. The first-order chi connectivity index (χ1) is 46.4. The zero-order valence-corrected chi connectivity index (χ0v) is 54.3. The molecule has 2 N–H and O–H groups in total. The van der Waals surface area contributed by atoms with Gasteiger partial charge in [0, 0.05) is 30.5 Å². The van der Waals surface area contributed by atoms with Gasteiger partial charge in [-0.25, -0.2) is 18.0 Å². The van der Waals surface area contributed by atoms with Crippen molar-refractivity contribution in [2.24, 2.45) is 0 Å². The largest absolute Gasteiger partial charge is 0.457 e. The predicted octanol–water partition coefficient (Wildman–Crippen LogP) is 14.5. The average molecular weight is 1290 g/mol. The van der Waals surface area contributed by atoms with Crippen LogP contribution in [0.15, 0.2) is 260 Å². The summed E-state index contributed by atoms with van der Waals surface area (Å²) < 4.78 is 43.0. The quantitative estimate of drug-likeness (QED) is 0.0434. The molecule has 486 valence electrons. The molecule has 2 aliphatic heterocycles. The van der Waals surface area contributed by atoms with E-state index in [9.17, 15) is 32.4 Å². The molecule has 0 aliphatic carbocycles. The highest BCUT2D eigenvalue weighted by Crippen LogP contribution is 2.32. The monoisotopic (exact) mass is 1290 g/mol. The van der Waals surface area contributed by atoms with Gasteiger partial charge >= 0.3 is 11.9 Å². The van der Waals surface area contributed by atoms with Crippen molar-refractivity contribution in [3.63, 3.8) is 0 Å². The van der Waals surface area contributed by atoms with Crippen LogP contribution in [0.25, 0.3) is 22.3 Å². The maximum Gasteiger partial charge on any atom is 0.338 e. The zero-order valence-electron chi connectivity index (χ0n) is 53.5. The molecule has 95 heavy (non-hydrogen) atoms. The number of benzene rings is 9. The summed E-state index contributed by atoms with van der Waals surface area (Å²) in [4.78, 5) is 73.9. The first kappa shape index (κ1) is 66.7. The van der Waals surface area contributed by atoms with E-state index in [0.29, 0.717) is 18.4 Å². The lowest BCUT2D eigenvalue weighted by Gasteiger charge is -2.27. The lowest BCUT2D eigenvalue weighted by atomic mass is 9.98. The topological polar surface area (TPSA) is 168 Å². The van der Waals surface area contributed by atoms with Crippen molar-refractivity contribution in [2.75, 3.05) is 13.1 Å². The third-order valence-electron chi connectivity index (χ3n) is 18.2. The molecule has 4 atom stereocenters. The summed E-state index contributed by atoms with van der Waals surface area (Å²) in [6.45, 7) is -0.304. The fourth-order valence-corrected chi connectivity index (χ4v) is 14.7. The van der Waals surface area contributed by atoms with Crippen LogP contribution in [0.5, 0.6) is 0 Å². The molecular weight excluding hydrogens is 1200 g/mol. The second-order valence-corrected chi connectivity index (χ2v) is 26.8. The number of sulfonamides is 1. The number of ether oxygens (including phenoxy) is 2. The summed E-state index contributed by atoms with van der Waals surface area (Å²) in [6.07, 6.45) is 7.56. The lowest BCUT2D eigenvalue weighted by Crippen LogP contribution is -2.49. The SMILES string of the molecule is O=C(O[C@H]1C[C@H](C(=O)NC(CCCc2ccccc2)CCCc2ccccc2)N(C(=O)c2ccc(-c3ccccc3)cc2)C1)c1ccc(C(=O)O[C@H]2C[C@H](C(=O)NC(CCCc3ccccc3)CCCc3ccccc3)N(S(=O)(=O)c3ccc(-c4ccccc4)cc3)C2)cc1. The van der Waals surface area contributed by atoms with Gasteiger partial charge in [-0.2, -0.15) is 4.31 Å². The van der Waals surface area contributed by atoms with E-state index in [1.54, 1.807) is 24.3 Å². The molecular formula is C81H82N4O9S. The van der Waals surface area contributed by atoms with Crippen molar-refractivity contribution in [3.8, 4) is 22.3 Å². The number of nitrogens with one attached hydrogen (secondary N) is 2. The molecule has 0 radical (unpaired) electrons. The Kier molecular flexibility index (Phi) is 23.1. The van der Waals surface area contributed by atoms with Gasteiger partial charge in [0.2, 0.25) is 21.8 Å². The number of rotatable bonds is 29. The molecule has 2 saturated heterocycles. The molecule has 11 rings (SSSR count). The number of nitrogens with zero attached hydrogens (tertiary/aromatic N) is 2. The minimum Gasteiger partial charge on any atom is -0.457 e. The molecule has 14 heteroatoms. The van der Waals surface area contributed by atoms with Crippen molar-refractivity contribution in [1.29, 1.82) is 0 Å². The van der Waals surface area contributed by atoms with Gasteiger partial charge in [-0.1, -0.05) is 206 Å². The molecule has 0 unspecified atom stereocenters. The fourth-order valence-electron chi connectivity index (χ4n) is 13.0. The number of carbonyl (C=O) groups is 5. The summed E-state index contributed by atoms with van der Waals surface area (Å²) in [5.41, 5.74) is 9.10. The van der Waals surface area contributed by atoms with E-state index in [-0.39, 0.29) is 65.9 Å². The van der Waals surface area contributed by atoms with E-state index in [1.807, 2.05) is 146 Å². The van der Waals surface area contributed by atoms with E-state index >= 15 is 0 Å². The molecule has 2 heterocycles. The molecule has 2 fully saturated rings. The van der Waals surface area contributed by atoms with Gasteiger partial charge in [-0.15, -0.1) is 0 Å². The standard InChI is InChI=1S/C81H82N4O9S/c86-77(82-70(39-19-31-59-23-7-1-8-24-59)40-20-32-60-25-9-2-10-26-60)75-55-72(57-84(75)79(88)67-45-43-65(44-46-67)63-35-15-5-16-36-63)93-80(89)68-47-49-69(50-48-68)81(90)94-73-56-76(85(58-73)95(91,92)74-53-51-66(52-54-74)64-37-17-6-18-38-64)78(87)83-71(41-21-33-61-27-11-3-12-28-61)42-22-34-62-29-13-4-14-30-62/h1-18,23-30,35-38,43-54,70-73,75-76H,19-22,31-34,39-42,55-58H2,(H,82,86)(H,83,87)/t72-,73-,75+,76+/m0/s1. The number of carbonyl (C=O) groups excluding carboxylic acids is 5. The van der Waals surface area contributed by atoms with Crippen molar-refractivity contribution in [2.45, 2.75) is 131 Å². The Bertz CT molecular complexity index is 3960. The summed E-state index contributed by atoms with van der Waals surface area (Å²) in [5, 5.41) is 6.59. The van der Waals surface area contributed by atoms with Crippen LogP contribution in [0.3, 0.4) is 0 Å². The Labute approximate surface area is 558 Å².